The predicted octanol–water partition coefficient (Wildman–Crippen LogP) is 12.8. The van der Waals surface area contributed by atoms with Gasteiger partial charge in [0, 0.05) is 48.2 Å². The molecule has 0 radical (unpaired) electrons. The Balaban J connectivity index is 0. The van der Waals surface area contributed by atoms with Crippen LogP contribution in [-0.2, 0) is 32.5 Å². The molecule has 0 aliphatic rings. The summed E-state index contributed by atoms with van der Waals surface area (Å²) in [5.41, 5.74) is 10.8. The quantitative estimate of drug-likeness (QED) is 0.0404. The summed E-state index contributed by atoms with van der Waals surface area (Å²) in [4.78, 5) is 0. The Morgan fingerprint density at radius 2 is 0.726 bits per heavy atom. The molecule has 0 saturated heterocycles. The lowest BCUT2D eigenvalue weighted by Crippen LogP contribution is -2.15. The topological polar surface area (TPSA) is 36.1 Å². The van der Waals surface area contributed by atoms with Crippen molar-refractivity contribution in [2.24, 2.45) is 0 Å². The number of hydrogen-bond donors (Lipinski definition) is 3. The summed E-state index contributed by atoms with van der Waals surface area (Å²) in [6.07, 6.45) is 9.86. The first kappa shape index (κ1) is 60.2. The SMILES string of the molecule is C.C.C.C.C=Cc1ccc(CNCCC[SiH2]C)cc1.C=Cc1ccccc1.C[SiH2]CCCNCc1ccc(CC(Cc2ccc(CNCCC[SiH2]C)cc2)c2ccccc2)cc1. The molecule has 0 bridgehead atoms. The summed E-state index contributed by atoms with van der Waals surface area (Å²) in [6, 6.07) is 52.6. The molecule has 0 aliphatic heterocycles. The molecule has 3 nitrogen and oxygen atoms in total. The Hall–Kier alpha value is -3.89. The molecule has 3 N–H and O–H groups in total. The Kier molecular flexibility index (Phi) is 38.8. The summed E-state index contributed by atoms with van der Waals surface area (Å²) in [5.74, 6) is 0.487. The Bertz CT molecular complexity index is 1670. The van der Waals surface area contributed by atoms with Crippen LogP contribution in [-0.4, -0.2) is 48.2 Å². The highest BCUT2D eigenvalue weighted by atomic mass is 28.2. The van der Waals surface area contributed by atoms with E-state index in [1.807, 2.05) is 42.5 Å². The maximum atomic E-state index is 3.74. The lowest BCUT2D eigenvalue weighted by molar-refractivity contribution is 0.668. The standard InChI is InChI=1S/C31H46N2Si2.C13H21NSi.C8H8.4CH4/c1-34-20-6-18-32-24-28-14-10-26(11-15-28)22-31(30-8-4-3-5-9-30)23-27-12-16-29(17-13-27)25-33-19-7-21-35-2;1-3-12-5-7-13(8-6-12)11-14-9-4-10-15-2;1-2-8-6-4-3-5-7-8;;;;/h3-5,8-17,31-33H,6-7,18-25,34-35H2,1-2H3;3,5-8,14H,1,4,9-11,15H2,2H3;2-7H,1H2;4*1H4. The zero-order chi connectivity index (χ0) is 41.3. The van der Waals surface area contributed by atoms with Gasteiger partial charge in [-0.25, -0.2) is 0 Å². The minimum Gasteiger partial charge on any atom is -0.313 e. The summed E-state index contributed by atoms with van der Waals surface area (Å²) >= 11 is 0. The van der Waals surface area contributed by atoms with Gasteiger partial charge in [0.15, 0.2) is 0 Å². The Morgan fingerprint density at radius 3 is 1.05 bits per heavy atom. The second-order valence-electron chi connectivity index (χ2n) is 15.4. The van der Waals surface area contributed by atoms with Crippen LogP contribution in [0.5, 0.6) is 0 Å². The molecule has 0 heterocycles. The van der Waals surface area contributed by atoms with E-state index in [-0.39, 0.29) is 58.3 Å². The van der Waals surface area contributed by atoms with E-state index < -0.39 is 0 Å². The Labute approximate surface area is 390 Å². The van der Waals surface area contributed by atoms with Gasteiger partial charge in [-0.1, -0.05) is 226 Å². The summed E-state index contributed by atoms with van der Waals surface area (Å²) < 4.78 is 0. The Morgan fingerprint density at radius 1 is 0.419 bits per heavy atom. The van der Waals surface area contributed by atoms with Crippen molar-refractivity contribution in [3.8, 4) is 0 Å². The molecule has 5 aromatic carbocycles. The largest absolute Gasteiger partial charge is 0.313 e. The minimum absolute atomic E-state index is 0. The smallest absolute Gasteiger partial charge is 0.0205 e. The molecule has 0 aliphatic carbocycles. The van der Waals surface area contributed by atoms with E-state index in [0.717, 1.165) is 52.1 Å². The third-order valence-electron chi connectivity index (χ3n) is 10.4. The van der Waals surface area contributed by atoms with Gasteiger partial charge in [-0.3, -0.25) is 0 Å². The number of benzene rings is 5. The minimum atomic E-state index is 0. The van der Waals surface area contributed by atoms with Crippen molar-refractivity contribution in [1.82, 2.24) is 16.0 Å². The molecule has 5 aromatic rings. The number of hydrogen-bond acceptors (Lipinski definition) is 3. The molecule has 0 atom stereocenters. The van der Waals surface area contributed by atoms with Crippen molar-refractivity contribution in [3.63, 3.8) is 0 Å². The average Bonchev–Trinajstić information content (AvgIpc) is 3.28. The van der Waals surface area contributed by atoms with Crippen LogP contribution in [0.1, 0.15) is 99.4 Å². The van der Waals surface area contributed by atoms with Gasteiger partial charge in [0.05, 0.1) is 0 Å². The van der Waals surface area contributed by atoms with Gasteiger partial charge < -0.3 is 16.0 Å². The summed E-state index contributed by atoms with van der Waals surface area (Å²) in [5, 5.41) is 10.7. The van der Waals surface area contributed by atoms with Crippen molar-refractivity contribution in [3.05, 3.63) is 191 Å². The molecule has 5 rings (SSSR count). The lowest BCUT2D eigenvalue weighted by Gasteiger charge is -2.19. The second kappa shape index (κ2) is 39.9. The molecule has 0 unspecified atom stereocenters. The van der Waals surface area contributed by atoms with Crippen LogP contribution in [0.4, 0.5) is 0 Å². The molecule has 342 valence electrons. The van der Waals surface area contributed by atoms with Gasteiger partial charge in [0.25, 0.3) is 0 Å². The van der Waals surface area contributed by atoms with Gasteiger partial charge in [-0.05, 0) is 102 Å². The normalized spacial score (nSPS) is 11.0. The highest BCUT2D eigenvalue weighted by Gasteiger charge is 2.14. The van der Waals surface area contributed by atoms with Crippen LogP contribution in [0.2, 0.25) is 37.8 Å². The maximum absolute atomic E-state index is 3.74. The highest BCUT2D eigenvalue weighted by molar-refractivity contribution is 6.33. The number of rotatable bonds is 25. The molecule has 6 heteroatoms. The first-order valence-electron chi connectivity index (χ1n) is 22.3. The van der Waals surface area contributed by atoms with Crippen molar-refractivity contribution >= 4 is 40.7 Å². The second-order valence-corrected chi connectivity index (χ2v) is 20.5. The van der Waals surface area contributed by atoms with E-state index in [1.165, 1.54) is 81.9 Å². The van der Waals surface area contributed by atoms with Crippen LogP contribution in [0.25, 0.3) is 12.2 Å². The molecule has 0 aromatic heterocycles. The fraction of sp³-hybridized carbons (Fsp3) is 0.393. The van der Waals surface area contributed by atoms with Gasteiger partial charge in [0.1, 0.15) is 0 Å². The molecule has 0 spiro atoms. The molecule has 0 amide bonds. The van der Waals surface area contributed by atoms with Crippen molar-refractivity contribution < 1.29 is 0 Å². The van der Waals surface area contributed by atoms with Crippen molar-refractivity contribution in [2.75, 3.05) is 19.6 Å². The molecule has 62 heavy (non-hydrogen) atoms. The van der Waals surface area contributed by atoms with E-state index in [9.17, 15) is 0 Å². The molecular formula is C56H91N3Si3. The van der Waals surface area contributed by atoms with Gasteiger partial charge >= 0.3 is 0 Å². The van der Waals surface area contributed by atoms with Crippen LogP contribution in [0.3, 0.4) is 0 Å². The fourth-order valence-electron chi connectivity index (χ4n) is 6.75. The van der Waals surface area contributed by atoms with Crippen LogP contribution in [0, 0.1) is 0 Å². The van der Waals surface area contributed by atoms with E-state index in [0.29, 0.717) is 5.92 Å². The molecular weight excluding hydrogens is 799 g/mol. The summed E-state index contributed by atoms with van der Waals surface area (Å²) in [6.45, 7) is 20.9. The summed E-state index contributed by atoms with van der Waals surface area (Å²) in [7, 11) is 0.687. The van der Waals surface area contributed by atoms with E-state index in [1.54, 1.807) is 0 Å². The zero-order valence-electron chi connectivity index (χ0n) is 36.4. The first-order valence-corrected chi connectivity index (χ1v) is 29.5. The average molecular weight is 891 g/mol. The van der Waals surface area contributed by atoms with E-state index >= 15 is 0 Å². The lowest BCUT2D eigenvalue weighted by atomic mass is 9.86. The predicted molar refractivity (Wildman–Crippen MR) is 296 cm³/mol. The van der Waals surface area contributed by atoms with Crippen LogP contribution >= 0.6 is 0 Å². The zero-order valence-corrected chi connectivity index (χ0v) is 40.6. The third kappa shape index (κ3) is 27.2. The monoisotopic (exact) mass is 890 g/mol. The van der Waals surface area contributed by atoms with Gasteiger partial charge in [0.2, 0.25) is 0 Å². The van der Waals surface area contributed by atoms with E-state index in [2.05, 4.69) is 152 Å². The first-order chi connectivity index (χ1) is 28.6. The number of nitrogens with one attached hydrogen (secondary N) is 3. The maximum Gasteiger partial charge on any atom is 0.0205 e. The van der Waals surface area contributed by atoms with Crippen LogP contribution < -0.4 is 16.0 Å². The van der Waals surface area contributed by atoms with Crippen LogP contribution in [0.15, 0.2) is 147 Å². The van der Waals surface area contributed by atoms with Gasteiger partial charge in [-0.2, -0.15) is 0 Å². The molecule has 0 fully saturated rings. The highest BCUT2D eigenvalue weighted by Crippen LogP contribution is 2.26. The molecule has 0 saturated carbocycles. The van der Waals surface area contributed by atoms with E-state index in [4.69, 9.17) is 0 Å². The third-order valence-corrected chi connectivity index (χ3v) is 14.0. The van der Waals surface area contributed by atoms with Crippen molar-refractivity contribution in [2.45, 2.75) is 125 Å². The fourth-order valence-corrected chi connectivity index (χ4v) is 9.00. The van der Waals surface area contributed by atoms with Gasteiger partial charge in [-0.15, -0.1) is 0 Å². The van der Waals surface area contributed by atoms with Crippen molar-refractivity contribution in [1.29, 1.82) is 0 Å².